The highest BCUT2D eigenvalue weighted by Crippen LogP contribution is 2.33. The van der Waals surface area contributed by atoms with Crippen LogP contribution in [0.1, 0.15) is 50.8 Å². The van der Waals surface area contributed by atoms with Crippen molar-refractivity contribution in [3.05, 3.63) is 30.1 Å². The van der Waals surface area contributed by atoms with Gasteiger partial charge in [0.15, 0.2) is 5.82 Å². The average molecular weight is 431 g/mol. The van der Waals surface area contributed by atoms with Gasteiger partial charge in [0.1, 0.15) is 0 Å². The second-order valence-electron chi connectivity index (χ2n) is 7.94. The number of thioether (sulfide) groups is 1. The Morgan fingerprint density at radius 1 is 1.17 bits per heavy atom. The summed E-state index contributed by atoms with van der Waals surface area (Å²) in [5.41, 5.74) is 1.92. The molecule has 0 radical (unpaired) electrons. The zero-order chi connectivity index (χ0) is 20.9. The van der Waals surface area contributed by atoms with E-state index >= 15 is 0 Å². The van der Waals surface area contributed by atoms with Crippen LogP contribution in [0.2, 0.25) is 0 Å². The van der Waals surface area contributed by atoms with E-state index in [2.05, 4.69) is 20.4 Å². The molecule has 2 aromatic rings. The zero-order valence-electron chi connectivity index (χ0n) is 17.4. The van der Waals surface area contributed by atoms with Gasteiger partial charge < -0.3 is 20.8 Å². The van der Waals surface area contributed by atoms with E-state index in [4.69, 9.17) is 10.6 Å². The minimum atomic E-state index is -0.338. The van der Waals surface area contributed by atoms with Crippen LogP contribution in [-0.4, -0.2) is 52.3 Å². The van der Waals surface area contributed by atoms with E-state index in [9.17, 15) is 4.79 Å². The molecule has 1 aromatic carbocycles. The van der Waals surface area contributed by atoms with E-state index in [1.807, 2.05) is 31.2 Å². The van der Waals surface area contributed by atoms with E-state index in [-0.39, 0.29) is 11.2 Å². The van der Waals surface area contributed by atoms with Gasteiger partial charge in [-0.3, -0.25) is 4.79 Å². The Hall–Kier alpha value is -2.26. The lowest BCUT2D eigenvalue weighted by molar-refractivity contribution is -0.115. The molecule has 162 valence electrons. The highest BCUT2D eigenvalue weighted by Gasteiger charge is 2.25. The number of hydrogen-bond donors (Lipinski definition) is 2. The summed E-state index contributed by atoms with van der Waals surface area (Å²) < 4.78 is 6.97. The number of nitrogen functional groups attached to an aromatic ring is 1. The number of carbonyl (C=O) groups excluding carboxylic acids is 1. The molecule has 2 aliphatic rings. The van der Waals surface area contributed by atoms with Crippen molar-refractivity contribution in [1.82, 2.24) is 14.9 Å². The van der Waals surface area contributed by atoms with Crippen molar-refractivity contribution in [2.24, 2.45) is 0 Å². The number of aromatic nitrogens is 3. The Morgan fingerprint density at radius 2 is 1.87 bits per heavy atom. The lowest BCUT2D eigenvalue weighted by Gasteiger charge is -2.28. The number of carbonyl (C=O) groups is 1. The lowest BCUT2D eigenvalue weighted by Crippen LogP contribution is -2.36. The molecular weight excluding hydrogens is 400 g/mol. The van der Waals surface area contributed by atoms with Crippen molar-refractivity contribution in [2.45, 2.75) is 55.4 Å². The van der Waals surface area contributed by atoms with Crippen molar-refractivity contribution in [3.8, 4) is 0 Å². The van der Waals surface area contributed by atoms with Crippen LogP contribution in [0.4, 0.5) is 11.4 Å². The molecule has 1 saturated carbocycles. The zero-order valence-corrected chi connectivity index (χ0v) is 18.2. The fraction of sp³-hybridized carbons (Fsp3) is 0.571. The number of anilines is 2. The Bertz CT molecular complexity index is 844. The van der Waals surface area contributed by atoms with Gasteiger partial charge in [0.2, 0.25) is 11.1 Å². The van der Waals surface area contributed by atoms with E-state index in [1.54, 1.807) is 4.68 Å². The lowest BCUT2D eigenvalue weighted by atomic mass is 9.89. The van der Waals surface area contributed by atoms with Gasteiger partial charge in [0.25, 0.3) is 0 Å². The Kier molecular flexibility index (Phi) is 6.79. The topological polar surface area (TPSA) is 98.3 Å². The van der Waals surface area contributed by atoms with Crippen LogP contribution in [0.3, 0.4) is 0 Å². The molecule has 1 aliphatic heterocycles. The molecule has 1 saturated heterocycles. The third kappa shape index (κ3) is 4.89. The summed E-state index contributed by atoms with van der Waals surface area (Å²) in [6.45, 7) is 5.14. The maximum atomic E-state index is 12.7. The van der Waals surface area contributed by atoms with Gasteiger partial charge in [-0.2, -0.15) is 0 Å². The smallest absolute Gasteiger partial charge is 0.237 e. The highest BCUT2D eigenvalue weighted by atomic mass is 32.2. The van der Waals surface area contributed by atoms with Gasteiger partial charge in [-0.25, -0.2) is 4.68 Å². The van der Waals surface area contributed by atoms with Crippen molar-refractivity contribution in [2.75, 3.05) is 42.4 Å². The standard InChI is InChI=1S/C21H30N6O2S/c1-15(30-21-25-24-19(27(21)22)16-5-3-2-4-6-16)20(28)23-17-7-9-18(10-8-17)26-11-13-29-14-12-26/h7-10,15-16H,2-6,11-14,22H2,1H3,(H,23,28)/t15-/m1/s1. The summed E-state index contributed by atoms with van der Waals surface area (Å²) in [7, 11) is 0. The number of rotatable bonds is 6. The van der Waals surface area contributed by atoms with Crippen LogP contribution in [0.25, 0.3) is 0 Å². The second kappa shape index (κ2) is 9.70. The summed E-state index contributed by atoms with van der Waals surface area (Å²) in [6.07, 6.45) is 5.92. The molecule has 8 nitrogen and oxygen atoms in total. The van der Waals surface area contributed by atoms with Crippen molar-refractivity contribution in [3.63, 3.8) is 0 Å². The second-order valence-corrected chi connectivity index (χ2v) is 9.25. The molecule has 1 amide bonds. The molecule has 9 heteroatoms. The van der Waals surface area contributed by atoms with Crippen molar-refractivity contribution in [1.29, 1.82) is 0 Å². The predicted octanol–water partition coefficient (Wildman–Crippen LogP) is 3.00. The fourth-order valence-electron chi connectivity index (χ4n) is 4.04. The first-order chi connectivity index (χ1) is 14.6. The van der Waals surface area contributed by atoms with E-state index < -0.39 is 0 Å². The Labute approximate surface area is 181 Å². The number of nitrogens with two attached hydrogens (primary N) is 1. The maximum Gasteiger partial charge on any atom is 0.237 e. The number of benzene rings is 1. The Morgan fingerprint density at radius 3 is 2.57 bits per heavy atom. The molecular formula is C21H30N6O2S. The molecule has 1 aromatic heterocycles. The number of nitrogens with zero attached hydrogens (tertiary/aromatic N) is 4. The molecule has 0 spiro atoms. The number of morpholine rings is 1. The molecule has 4 rings (SSSR count). The predicted molar refractivity (Wildman–Crippen MR) is 119 cm³/mol. The maximum absolute atomic E-state index is 12.7. The summed E-state index contributed by atoms with van der Waals surface area (Å²) >= 11 is 1.34. The largest absolute Gasteiger partial charge is 0.378 e. The average Bonchev–Trinajstić information content (AvgIpc) is 3.15. The molecule has 3 N–H and O–H groups in total. The van der Waals surface area contributed by atoms with Crippen LogP contribution in [0.15, 0.2) is 29.4 Å². The van der Waals surface area contributed by atoms with Crippen LogP contribution >= 0.6 is 11.8 Å². The first kappa shape index (κ1) is 21.0. The van der Waals surface area contributed by atoms with E-state index in [1.165, 1.54) is 31.0 Å². The fourth-order valence-corrected chi connectivity index (χ4v) is 4.82. The van der Waals surface area contributed by atoms with E-state index in [0.29, 0.717) is 11.1 Å². The van der Waals surface area contributed by atoms with Gasteiger partial charge in [-0.15, -0.1) is 10.2 Å². The molecule has 2 heterocycles. The van der Waals surface area contributed by atoms with Crippen molar-refractivity contribution < 1.29 is 9.53 Å². The van der Waals surface area contributed by atoms with Gasteiger partial charge in [0.05, 0.1) is 18.5 Å². The van der Waals surface area contributed by atoms with Crippen LogP contribution < -0.4 is 16.1 Å². The molecule has 0 bridgehead atoms. The van der Waals surface area contributed by atoms with Crippen LogP contribution in [0.5, 0.6) is 0 Å². The number of nitrogens with one attached hydrogen (secondary N) is 1. The first-order valence-electron chi connectivity index (χ1n) is 10.7. The first-order valence-corrected chi connectivity index (χ1v) is 11.6. The quantitative estimate of drug-likeness (QED) is 0.537. The minimum Gasteiger partial charge on any atom is -0.378 e. The number of amides is 1. The van der Waals surface area contributed by atoms with E-state index in [0.717, 1.165) is 56.3 Å². The third-order valence-corrected chi connectivity index (χ3v) is 6.88. The van der Waals surface area contributed by atoms with Gasteiger partial charge in [-0.05, 0) is 44.0 Å². The minimum absolute atomic E-state index is 0.0821. The monoisotopic (exact) mass is 430 g/mol. The summed E-state index contributed by atoms with van der Waals surface area (Å²) in [4.78, 5) is 14.9. The SMILES string of the molecule is C[C@@H](Sc1nnc(C2CCCCC2)n1N)C(=O)Nc1ccc(N2CCOCC2)cc1. The van der Waals surface area contributed by atoms with Gasteiger partial charge >= 0.3 is 0 Å². The number of ether oxygens (including phenoxy) is 1. The molecule has 30 heavy (non-hydrogen) atoms. The molecule has 2 fully saturated rings. The molecule has 0 unspecified atom stereocenters. The number of hydrogen-bond acceptors (Lipinski definition) is 7. The van der Waals surface area contributed by atoms with Gasteiger partial charge in [0, 0.05) is 30.4 Å². The summed E-state index contributed by atoms with van der Waals surface area (Å²) in [5.74, 6) is 7.38. The third-order valence-electron chi connectivity index (χ3n) is 5.82. The normalized spacial score (nSPS) is 18.9. The molecule has 1 aliphatic carbocycles. The van der Waals surface area contributed by atoms with Gasteiger partial charge in [-0.1, -0.05) is 31.0 Å². The van der Waals surface area contributed by atoms with Crippen LogP contribution in [-0.2, 0) is 9.53 Å². The highest BCUT2D eigenvalue weighted by molar-refractivity contribution is 8.00. The molecule has 1 atom stereocenters. The van der Waals surface area contributed by atoms with Crippen LogP contribution in [0, 0.1) is 0 Å². The van der Waals surface area contributed by atoms with Crippen molar-refractivity contribution >= 4 is 29.0 Å². The Balaban J connectivity index is 1.33. The summed E-state index contributed by atoms with van der Waals surface area (Å²) in [5, 5.41) is 11.8. The summed E-state index contributed by atoms with van der Waals surface area (Å²) in [6, 6.07) is 7.94.